The maximum Gasteiger partial charge on any atom is 0.251 e. The van der Waals surface area contributed by atoms with Gasteiger partial charge in [-0.25, -0.2) is 8.78 Å². The van der Waals surface area contributed by atoms with Crippen LogP contribution in [0.25, 0.3) is 10.8 Å². The molecule has 0 bridgehead atoms. The number of carbonyl (C=O) groups is 1. The lowest BCUT2D eigenvalue weighted by atomic mass is 9.99. The molecule has 180 valence electrons. The molecule has 0 saturated carbocycles. The van der Waals surface area contributed by atoms with Gasteiger partial charge in [-0.05, 0) is 40.6 Å². The second-order valence-electron chi connectivity index (χ2n) is 8.51. The van der Waals surface area contributed by atoms with Crippen molar-refractivity contribution in [3.63, 3.8) is 0 Å². The number of aliphatic hydroxyl groups excluding tert-OH is 1. The quantitative estimate of drug-likeness (QED) is 0.531. The first-order valence-corrected chi connectivity index (χ1v) is 11.4. The average molecular weight is 470 g/mol. The predicted octanol–water partition coefficient (Wildman–Crippen LogP) is 3.21. The lowest BCUT2D eigenvalue weighted by Gasteiger charge is -2.35. The standard InChI is InChI=1S/C26H29F2N3O3/c1-34-22-6-5-18-3-2-4-23(24(18)16-22)25(32)17-31-11-9-30(10-12-31)8-7-29-26(33)19-13-20(27)15-21(28)14-19/h2-6,13-16,25,32H,7-12,17H2,1H3,(H,29,33)/t25-/m0/s1. The van der Waals surface area contributed by atoms with Crippen LogP contribution in [0.4, 0.5) is 8.78 Å². The Kier molecular flexibility index (Phi) is 7.72. The molecule has 0 unspecified atom stereocenters. The minimum atomic E-state index is -0.772. The number of piperazine rings is 1. The highest BCUT2D eigenvalue weighted by atomic mass is 19.1. The van der Waals surface area contributed by atoms with Crippen molar-refractivity contribution in [3.05, 3.63) is 77.4 Å². The Morgan fingerprint density at radius 3 is 2.44 bits per heavy atom. The van der Waals surface area contributed by atoms with E-state index < -0.39 is 23.6 Å². The van der Waals surface area contributed by atoms with Crippen LogP contribution >= 0.6 is 0 Å². The Morgan fingerprint density at radius 1 is 1.03 bits per heavy atom. The van der Waals surface area contributed by atoms with Crippen molar-refractivity contribution < 1.29 is 23.4 Å². The number of hydrogen-bond donors (Lipinski definition) is 2. The molecule has 0 aromatic heterocycles. The topological polar surface area (TPSA) is 65.0 Å². The maximum absolute atomic E-state index is 13.3. The molecule has 34 heavy (non-hydrogen) atoms. The van der Waals surface area contributed by atoms with Crippen LogP contribution in [0.15, 0.2) is 54.6 Å². The summed E-state index contributed by atoms with van der Waals surface area (Å²) in [6.45, 7) is 4.77. The summed E-state index contributed by atoms with van der Waals surface area (Å²) in [6.07, 6.45) is -0.617. The minimum Gasteiger partial charge on any atom is -0.497 e. The number of rotatable bonds is 8. The monoisotopic (exact) mass is 469 g/mol. The molecule has 0 aliphatic carbocycles. The van der Waals surface area contributed by atoms with Gasteiger partial charge in [0.05, 0.1) is 13.2 Å². The molecule has 1 aliphatic heterocycles. The number of β-amino-alcohol motifs (C(OH)–C–C–N with tert-alkyl or cyclic N) is 1. The number of carbonyl (C=O) groups excluding carboxylic acids is 1. The van der Waals surface area contributed by atoms with E-state index in [2.05, 4.69) is 15.1 Å². The fourth-order valence-corrected chi connectivity index (χ4v) is 4.35. The van der Waals surface area contributed by atoms with E-state index in [4.69, 9.17) is 4.74 Å². The summed E-state index contributed by atoms with van der Waals surface area (Å²) in [5.74, 6) is -1.28. The Labute approximate surface area is 197 Å². The van der Waals surface area contributed by atoms with Crippen molar-refractivity contribution in [2.75, 3.05) is 52.9 Å². The van der Waals surface area contributed by atoms with Crippen LogP contribution in [0.3, 0.4) is 0 Å². The third kappa shape index (κ3) is 5.88. The molecule has 6 nitrogen and oxygen atoms in total. The first-order valence-electron chi connectivity index (χ1n) is 11.4. The average Bonchev–Trinajstić information content (AvgIpc) is 2.83. The Balaban J connectivity index is 1.25. The van der Waals surface area contributed by atoms with Crippen molar-refractivity contribution in [2.45, 2.75) is 6.10 Å². The zero-order chi connectivity index (χ0) is 24.1. The molecule has 1 atom stereocenters. The predicted molar refractivity (Wildman–Crippen MR) is 127 cm³/mol. The lowest BCUT2D eigenvalue weighted by Crippen LogP contribution is -2.49. The number of aliphatic hydroxyl groups is 1. The molecule has 0 radical (unpaired) electrons. The highest BCUT2D eigenvalue weighted by Gasteiger charge is 2.21. The normalized spacial score (nSPS) is 15.9. The van der Waals surface area contributed by atoms with Crippen LogP contribution in [0.5, 0.6) is 5.75 Å². The van der Waals surface area contributed by atoms with Gasteiger partial charge in [-0.15, -0.1) is 0 Å². The van der Waals surface area contributed by atoms with E-state index in [1.807, 2.05) is 36.4 Å². The number of fused-ring (bicyclic) bond motifs is 1. The molecule has 2 N–H and O–H groups in total. The molecular weight excluding hydrogens is 440 g/mol. The number of nitrogens with zero attached hydrogens (tertiary/aromatic N) is 2. The van der Waals surface area contributed by atoms with Crippen molar-refractivity contribution in [3.8, 4) is 5.75 Å². The summed E-state index contributed by atoms with van der Waals surface area (Å²) in [6, 6.07) is 14.6. The number of hydrogen-bond acceptors (Lipinski definition) is 5. The van der Waals surface area contributed by atoms with Gasteiger partial charge in [-0.2, -0.15) is 0 Å². The molecule has 1 amide bonds. The number of methoxy groups -OCH3 is 1. The highest BCUT2D eigenvalue weighted by Crippen LogP contribution is 2.28. The molecule has 0 spiro atoms. The van der Waals surface area contributed by atoms with E-state index in [9.17, 15) is 18.7 Å². The highest BCUT2D eigenvalue weighted by molar-refractivity contribution is 5.94. The zero-order valence-corrected chi connectivity index (χ0v) is 19.1. The number of nitrogens with one attached hydrogen (secondary N) is 1. The van der Waals surface area contributed by atoms with Crippen LogP contribution in [0, 0.1) is 11.6 Å². The molecular formula is C26H29F2N3O3. The maximum atomic E-state index is 13.3. The summed E-state index contributed by atoms with van der Waals surface area (Å²) in [4.78, 5) is 16.6. The van der Waals surface area contributed by atoms with Crippen molar-refractivity contribution >= 4 is 16.7 Å². The largest absolute Gasteiger partial charge is 0.497 e. The van der Waals surface area contributed by atoms with Crippen LogP contribution in [-0.2, 0) is 0 Å². The van der Waals surface area contributed by atoms with Gasteiger partial charge in [0.1, 0.15) is 17.4 Å². The van der Waals surface area contributed by atoms with Gasteiger partial charge in [-0.3, -0.25) is 14.6 Å². The molecule has 3 aromatic rings. The van der Waals surface area contributed by atoms with Crippen molar-refractivity contribution in [1.29, 1.82) is 0 Å². The van der Waals surface area contributed by atoms with Crippen molar-refractivity contribution in [1.82, 2.24) is 15.1 Å². The van der Waals surface area contributed by atoms with E-state index in [1.54, 1.807) is 7.11 Å². The lowest BCUT2D eigenvalue weighted by molar-refractivity contribution is 0.0725. The second kappa shape index (κ2) is 10.9. The summed E-state index contributed by atoms with van der Waals surface area (Å²) >= 11 is 0. The fraction of sp³-hybridized carbons (Fsp3) is 0.346. The van der Waals surface area contributed by atoms with Crippen LogP contribution in [0.1, 0.15) is 22.0 Å². The van der Waals surface area contributed by atoms with E-state index in [1.165, 1.54) is 0 Å². The molecule has 4 rings (SSSR count). The number of ether oxygens (including phenoxy) is 1. The molecule has 1 fully saturated rings. The summed E-state index contributed by atoms with van der Waals surface area (Å²) < 4.78 is 31.9. The van der Waals surface area contributed by atoms with Crippen LogP contribution in [-0.4, -0.2) is 73.7 Å². The number of halogens is 2. The van der Waals surface area contributed by atoms with Gasteiger partial charge in [0.2, 0.25) is 0 Å². The molecule has 1 heterocycles. The SMILES string of the molecule is COc1ccc2cccc([C@@H](O)CN3CCN(CCNC(=O)c4cc(F)cc(F)c4)CC3)c2c1. The van der Waals surface area contributed by atoms with E-state index in [-0.39, 0.29) is 5.56 Å². The van der Waals surface area contributed by atoms with Gasteiger partial charge in [0, 0.05) is 57.4 Å². The Hall–Kier alpha value is -3.07. The number of amides is 1. The van der Waals surface area contributed by atoms with Crippen molar-refractivity contribution in [2.24, 2.45) is 0 Å². The second-order valence-corrected chi connectivity index (χ2v) is 8.51. The van der Waals surface area contributed by atoms with Gasteiger partial charge in [-0.1, -0.05) is 24.3 Å². The van der Waals surface area contributed by atoms with E-state index in [0.717, 1.165) is 66.5 Å². The van der Waals surface area contributed by atoms with Gasteiger partial charge < -0.3 is 15.2 Å². The molecule has 8 heteroatoms. The smallest absolute Gasteiger partial charge is 0.251 e. The molecule has 1 aliphatic rings. The summed E-state index contributed by atoms with van der Waals surface area (Å²) in [5.41, 5.74) is 0.859. The first-order chi connectivity index (χ1) is 16.4. The molecule has 3 aromatic carbocycles. The Bertz CT molecular complexity index is 1130. The zero-order valence-electron chi connectivity index (χ0n) is 19.1. The van der Waals surface area contributed by atoms with Crippen LogP contribution < -0.4 is 10.1 Å². The molecule has 1 saturated heterocycles. The van der Waals surface area contributed by atoms with Gasteiger partial charge in [0.15, 0.2) is 0 Å². The van der Waals surface area contributed by atoms with Crippen LogP contribution in [0.2, 0.25) is 0 Å². The minimum absolute atomic E-state index is 0.0256. The van der Waals surface area contributed by atoms with Gasteiger partial charge >= 0.3 is 0 Å². The third-order valence-electron chi connectivity index (χ3n) is 6.22. The summed E-state index contributed by atoms with van der Waals surface area (Å²) in [7, 11) is 1.63. The van der Waals surface area contributed by atoms with Gasteiger partial charge in [0.25, 0.3) is 5.91 Å². The Morgan fingerprint density at radius 2 is 1.74 bits per heavy atom. The first kappa shape index (κ1) is 24.1. The fourth-order valence-electron chi connectivity index (χ4n) is 4.35. The van der Waals surface area contributed by atoms with E-state index >= 15 is 0 Å². The summed E-state index contributed by atoms with van der Waals surface area (Å²) in [5, 5.41) is 15.7. The third-order valence-corrected chi connectivity index (χ3v) is 6.22. The van der Waals surface area contributed by atoms with E-state index in [0.29, 0.717) is 19.6 Å². The number of benzene rings is 3.